The Morgan fingerprint density at radius 1 is 1.33 bits per heavy atom. The van der Waals surface area contributed by atoms with Gasteiger partial charge in [-0.1, -0.05) is 18.2 Å². The fourth-order valence-electron chi connectivity index (χ4n) is 3.43. The number of nitrogens with zero attached hydrogens (tertiary/aromatic N) is 3. The van der Waals surface area contributed by atoms with Crippen LogP contribution in [0.1, 0.15) is 30.0 Å². The maximum Gasteiger partial charge on any atom is 0.253 e. The summed E-state index contributed by atoms with van der Waals surface area (Å²) in [4.78, 5) is 14.8. The average Bonchev–Trinajstić information content (AvgIpc) is 3.07. The first-order valence-corrected chi connectivity index (χ1v) is 8.43. The molecule has 5 nitrogen and oxygen atoms in total. The van der Waals surface area contributed by atoms with Gasteiger partial charge in [0.25, 0.3) is 5.91 Å². The number of hydrogen-bond donors (Lipinski definition) is 0. The molecule has 0 N–H and O–H groups in total. The molecule has 3 heterocycles. The number of fused-ring (bicyclic) bond motifs is 1. The third-order valence-electron chi connectivity index (χ3n) is 4.70. The van der Waals surface area contributed by atoms with Gasteiger partial charge in [0.05, 0.1) is 17.8 Å². The van der Waals surface area contributed by atoms with Gasteiger partial charge in [-0.2, -0.15) is 5.10 Å². The normalized spacial score (nSPS) is 20.1. The van der Waals surface area contributed by atoms with E-state index < -0.39 is 0 Å². The van der Waals surface area contributed by atoms with Crippen LogP contribution in [0.3, 0.4) is 0 Å². The molecular formula is C19H21N3O2. The van der Waals surface area contributed by atoms with Crippen molar-refractivity contribution < 1.29 is 9.53 Å². The van der Waals surface area contributed by atoms with Crippen molar-refractivity contribution >= 4 is 12.0 Å². The number of amides is 1. The minimum Gasteiger partial charge on any atom is -0.488 e. The Bertz CT molecular complexity index is 793. The number of ether oxygens (including phenoxy) is 1. The molecule has 2 aliphatic heterocycles. The Labute approximate surface area is 141 Å². The van der Waals surface area contributed by atoms with Crippen molar-refractivity contribution in [3.8, 4) is 5.75 Å². The van der Waals surface area contributed by atoms with Crippen LogP contribution < -0.4 is 4.74 Å². The van der Waals surface area contributed by atoms with E-state index in [-0.39, 0.29) is 11.9 Å². The lowest BCUT2D eigenvalue weighted by molar-refractivity contribution is -0.129. The molecule has 1 atom stereocenters. The summed E-state index contributed by atoms with van der Waals surface area (Å²) >= 11 is 0. The molecule has 1 amide bonds. The van der Waals surface area contributed by atoms with Crippen LogP contribution in [-0.4, -0.2) is 40.3 Å². The van der Waals surface area contributed by atoms with E-state index in [4.69, 9.17) is 4.74 Å². The van der Waals surface area contributed by atoms with Crippen LogP contribution >= 0.6 is 0 Å². The molecule has 0 unspecified atom stereocenters. The molecule has 0 bridgehead atoms. The van der Waals surface area contributed by atoms with Gasteiger partial charge in [-0.05, 0) is 37.5 Å². The smallest absolute Gasteiger partial charge is 0.253 e. The van der Waals surface area contributed by atoms with Gasteiger partial charge < -0.3 is 9.64 Å². The van der Waals surface area contributed by atoms with Gasteiger partial charge in [0.2, 0.25) is 0 Å². The zero-order valence-electron chi connectivity index (χ0n) is 13.8. The van der Waals surface area contributed by atoms with Crippen LogP contribution in [0.2, 0.25) is 0 Å². The largest absolute Gasteiger partial charge is 0.488 e. The fraction of sp³-hybridized carbons (Fsp3) is 0.368. The maximum atomic E-state index is 12.9. The number of carbonyl (C=O) groups is 1. The molecule has 2 aromatic rings. The number of para-hydroxylation sites is 1. The van der Waals surface area contributed by atoms with Gasteiger partial charge in [-0.15, -0.1) is 0 Å². The Morgan fingerprint density at radius 2 is 2.21 bits per heavy atom. The van der Waals surface area contributed by atoms with Crippen molar-refractivity contribution in [3.63, 3.8) is 0 Å². The average molecular weight is 323 g/mol. The Morgan fingerprint density at radius 3 is 3.04 bits per heavy atom. The molecular weight excluding hydrogens is 302 g/mol. The molecule has 0 aliphatic carbocycles. The van der Waals surface area contributed by atoms with Crippen LogP contribution in [0.25, 0.3) is 6.08 Å². The van der Waals surface area contributed by atoms with Gasteiger partial charge in [-0.3, -0.25) is 9.48 Å². The van der Waals surface area contributed by atoms with Gasteiger partial charge in [0.15, 0.2) is 0 Å². The number of aromatic nitrogens is 2. The second kappa shape index (κ2) is 6.15. The summed E-state index contributed by atoms with van der Waals surface area (Å²) in [5.74, 6) is 0.927. The molecule has 5 heteroatoms. The van der Waals surface area contributed by atoms with Gasteiger partial charge in [-0.25, -0.2) is 0 Å². The molecule has 0 spiro atoms. The van der Waals surface area contributed by atoms with Crippen LogP contribution in [0, 0.1) is 6.92 Å². The van der Waals surface area contributed by atoms with Crippen molar-refractivity contribution in [2.45, 2.75) is 25.8 Å². The summed E-state index contributed by atoms with van der Waals surface area (Å²) in [5, 5.41) is 4.41. The molecule has 1 fully saturated rings. The quantitative estimate of drug-likeness (QED) is 0.854. The molecule has 0 saturated carbocycles. The summed E-state index contributed by atoms with van der Waals surface area (Å²) in [7, 11) is 0. The summed E-state index contributed by atoms with van der Waals surface area (Å²) in [6.07, 6.45) is 7.94. The highest BCUT2D eigenvalue weighted by molar-refractivity contribution is 5.99. The highest BCUT2D eigenvalue weighted by Gasteiger charge is 2.28. The second-order valence-electron chi connectivity index (χ2n) is 6.54. The minimum absolute atomic E-state index is 0.0816. The standard InChI is InChI=1S/C19H21N3O2/c1-14-10-20-22(11-14)17-6-4-8-21(12-17)19(23)16-9-15-5-2-3-7-18(15)24-13-16/h2-3,5,7,9-11,17H,4,6,8,12-13H2,1H3/t17-/m1/s1. The molecule has 24 heavy (non-hydrogen) atoms. The summed E-state index contributed by atoms with van der Waals surface area (Å²) in [5.41, 5.74) is 2.85. The van der Waals surface area contributed by atoms with Crippen LogP contribution in [-0.2, 0) is 4.79 Å². The van der Waals surface area contributed by atoms with Crippen LogP contribution in [0.5, 0.6) is 5.75 Å². The third kappa shape index (κ3) is 2.82. The van der Waals surface area contributed by atoms with E-state index in [2.05, 4.69) is 11.3 Å². The molecule has 1 saturated heterocycles. The van der Waals surface area contributed by atoms with Crippen LogP contribution in [0.4, 0.5) is 0 Å². The first kappa shape index (κ1) is 15.0. The Balaban J connectivity index is 1.51. The van der Waals surface area contributed by atoms with Crippen molar-refractivity contribution in [2.75, 3.05) is 19.7 Å². The Kier molecular flexibility index (Phi) is 3.84. The van der Waals surface area contributed by atoms with E-state index in [1.54, 1.807) is 0 Å². The maximum absolute atomic E-state index is 12.9. The number of hydrogen-bond acceptors (Lipinski definition) is 3. The predicted octanol–water partition coefficient (Wildman–Crippen LogP) is 2.83. The highest BCUT2D eigenvalue weighted by Crippen LogP contribution is 2.28. The first-order valence-electron chi connectivity index (χ1n) is 8.43. The Hall–Kier alpha value is -2.56. The molecule has 1 aromatic heterocycles. The summed E-state index contributed by atoms with van der Waals surface area (Å²) in [6.45, 7) is 3.89. The SMILES string of the molecule is Cc1cnn([C@@H]2CCCN(C(=O)C3=Cc4ccccc4OC3)C2)c1. The lowest BCUT2D eigenvalue weighted by atomic mass is 10.0. The van der Waals surface area contributed by atoms with E-state index in [1.807, 2.05) is 53.0 Å². The van der Waals surface area contributed by atoms with E-state index >= 15 is 0 Å². The van der Waals surface area contributed by atoms with Gasteiger partial charge in [0.1, 0.15) is 12.4 Å². The first-order chi connectivity index (χ1) is 11.7. The molecule has 4 rings (SSSR count). The fourth-order valence-corrected chi connectivity index (χ4v) is 3.43. The van der Waals surface area contributed by atoms with E-state index in [0.29, 0.717) is 13.2 Å². The number of likely N-dealkylation sites (tertiary alicyclic amines) is 1. The summed E-state index contributed by atoms with van der Waals surface area (Å²) < 4.78 is 7.73. The molecule has 0 radical (unpaired) electrons. The minimum atomic E-state index is 0.0816. The lowest BCUT2D eigenvalue weighted by Crippen LogP contribution is -2.42. The molecule has 1 aromatic carbocycles. The number of piperidine rings is 1. The number of aryl methyl sites for hydroxylation is 1. The predicted molar refractivity (Wildman–Crippen MR) is 91.7 cm³/mol. The summed E-state index contributed by atoms with van der Waals surface area (Å²) in [6, 6.07) is 8.08. The van der Waals surface area contributed by atoms with E-state index in [0.717, 1.165) is 41.8 Å². The zero-order valence-corrected chi connectivity index (χ0v) is 13.8. The highest BCUT2D eigenvalue weighted by atomic mass is 16.5. The third-order valence-corrected chi connectivity index (χ3v) is 4.70. The molecule has 2 aliphatic rings. The topological polar surface area (TPSA) is 47.4 Å². The number of carbonyl (C=O) groups excluding carboxylic acids is 1. The van der Waals surface area contributed by atoms with Crippen molar-refractivity contribution in [3.05, 3.63) is 53.4 Å². The monoisotopic (exact) mass is 323 g/mol. The second-order valence-corrected chi connectivity index (χ2v) is 6.54. The number of rotatable bonds is 2. The zero-order chi connectivity index (χ0) is 16.5. The van der Waals surface area contributed by atoms with Gasteiger partial charge in [0, 0.05) is 24.8 Å². The molecule has 124 valence electrons. The van der Waals surface area contributed by atoms with Crippen molar-refractivity contribution in [1.82, 2.24) is 14.7 Å². The van der Waals surface area contributed by atoms with Crippen molar-refractivity contribution in [1.29, 1.82) is 0 Å². The van der Waals surface area contributed by atoms with E-state index in [9.17, 15) is 4.79 Å². The van der Waals surface area contributed by atoms with Gasteiger partial charge >= 0.3 is 0 Å². The lowest BCUT2D eigenvalue weighted by Gasteiger charge is -2.34. The van der Waals surface area contributed by atoms with Crippen LogP contribution in [0.15, 0.2) is 42.2 Å². The van der Waals surface area contributed by atoms with Crippen molar-refractivity contribution in [2.24, 2.45) is 0 Å². The van der Waals surface area contributed by atoms with E-state index in [1.165, 1.54) is 0 Å². The number of benzene rings is 1.